The van der Waals surface area contributed by atoms with Gasteiger partial charge in [-0.15, -0.1) is 0 Å². The summed E-state index contributed by atoms with van der Waals surface area (Å²) >= 11 is 4.84. The highest BCUT2D eigenvalue weighted by Crippen LogP contribution is 2.42. The maximum atomic E-state index is 10.6. The predicted octanol–water partition coefficient (Wildman–Crippen LogP) is 0.889. The fraction of sp³-hybridized carbons (Fsp3) is 0.800. The van der Waals surface area contributed by atoms with Gasteiger partial charge in [0.25, 0.3) is 0 Å². The van der Waals surface area contributed by atoms with Crippen molar-refractivity contribution in [3.8, 4) is 0 Å². The molecular weight excluding hydrogens is 124 g/mol. The number of ether oxygens (including phenoxy) is 1. The second-order valence-corrected chi connectivity index (χ2v) is 2.77. The molecule has 1 rings (SSSR count). The quantitative estimate of drug-likeness (QED) is 0.494. The Bertz CT molecular complexity index is 118. The van der Waals surface area contributed by atoms with E-state index in [1.165, 1.54) is 7.11 Å². The molecule has 0 heterocycles. The topological polar surface area (TPSA) is 26.3 Å². The molecule has 0 aliphatic heterocycles. The lowest BCUT2D eigenvalue weighted by Crippen LogP contribution is -2.16. The summed E-state index contributed by atoms with van der Waals surface area (Å²) in [6.07, 6.45) is 1.63. The average molecular weight is 131 g/mol. The van der Waals surface area contributed by atoms with E-state index in [4.69, 9.17) is 12.6 Å². The molecule has 1 radical (unpaired) electrons. The van der Waals surface area contributed by atoms with Crippen molar-refractivity contribution >= 4 is 18.6 Å². The number of carbonyl (C=O) groups excluding carboxylic acids is 1. The van der Waals surface area contributed by atoms with Gasteiger partial charge in [0.05, 0.1) is 7.11 Å². The third-order valence-electron chi connectivity index (χ3n) is 1.26. The van der Waals surface area contributed by atoms with Crippen LogP contribution in [0.5, 0.6) is 0 Å². The summed E-state index contributed by atoms with van der Waals surface area (Å²) in [6, 6.07) is 0. The molecule has 0 aromatic rings. The van der Waals surface area contributed by atoms with Crippen molar-refractivity contribution in [3.63, 3.8) is 0 Å². The first-order valence-corrected chi connectivity index (χ1v) is 2.89. The van der Waals surface area contributed by atoms with Crippen molar-refractivity contribution in [2.45, 2.75) is 17.6 Å². The van der Waals surface area contributed by atoms with Crippen molar-refractivity contribution in [3.05, 3.63) is 0 Å². The molecule has 45 valence electrons. The zero-order valence-corrected chi connectivity index (χ0v) is 5.46. The number of esters is 1. The molecule has 0 aromatic carbocycles. The van der Waals surface area contributed by atoms with E-state index in [0.717, 1.165) is 12.8 Å². The molecule has 0 N–H and O–H groups in total. The molecule has 3 heteroatoms. The van der Waals surface area contributed by atoms with Crippen LogP contribution in [-0.2, 0) is 9.53 Å². The van der Waals surface area contributed by atoms with Crippen LogP contribution >= 0.6 is 12.6 Å². The molecule has 0 unspecified atom stereocenters. The lowest BCUT2D eigenvalue weighted by molar-refractivity contribution is -0.140. The van der Waals surface area contributed by atoms with Crippen LogP contribution in [0.2, 0.25) is 0 Å². The Balaban J connectivity index is 2.46. The predicted molar refractivity (Wildman–Crippen MR) is 31.6 cm³/mol. The summed E-state index contributed by atoms with van der Waals surface area (Å²) in [7, 11) is 1.37. The standard InChI is InChI=1S/C5H7O2S/c1-7-4(6)5(8)2-3-5/h2-3H2,1H3. The minimum atomic E-state index is -0.519. The second-order valence-electron chi connectivity index (χ2n) is 1.99. The Morgan fingerprint density at radius 2 is 2.25 bits per heavy atom. The van der Waals surface area contributed by atoms with Gasteiger partial charge in [0, 0.05) is 0 Å². The van der Waals surface area contributed by atoms with Crippen molar-refractivity contribution in [1.82, 2.24) is 0 Å². The molecule has 0 spiro atoms. The maximum absolute atomic E-state index is 10.6. The summed E-state index contributed by atoms with van der Waals surface area (Å²) < 4.78 is 3.91. The molecule has 1 fully saturated rings. The van der Waals surface area contributed by atoms with Gasteiger partial charge in [-0.05, 0) is 12.8 Å². The Morgan fingerprint density at radius 3 is 2.38 bits per heavy atom. The number of rotatable bonds is 1. The van der Waals surface area contributed by atoms with Crippen LogP contribution < -0.4 is 0 Å². The van der Waals surface area contributed by atoms with Crippen LogP contribution in [-0.4, -0.2) is 17.8 Å². The minimum absolute atomic E-state index is 0.243. The molecule has 1 aliphatic rings. The Labute approximate surface area is 53.6 Å². The van der Waals surface area contributed by atoms with Gasteiger partial charge in [-0.2, -0.15) is 0 Å². The van der Waals surface area contributed by atoms with E-state index in [0.29, 0.717) is 0 Å². The third-order valence-corrected chi connectivity index (χ3v) is 1.84. The molecule has 0 atom stereocenters. The summed E-state index contributed by atoms with van der Waals surface area (Å²) in [5, 5.41) is 0. The zero-order valence-electron chi connectivity index (χ0n) is 4.64. The molecule has 0 bridgehead atoms. The highest BCUT2D eigenvalue weighted by Gasteiger charge is 2.48. The smallest absolute Gasteiger partial charge is 0.322 e. The van der Waals surface area contributed by atoms with E-state index in [-0.39, 0.29) is 5.97 Å². The zero-order chi connectivity index (χ0) is 6.20. The minimum Gasteiger partial charge on any atom is -0.468 e. The van der Waals surface area contributed by atoms with E-state index in [1.54, 1.807) is 0 Å². The van der Waals surface area contributed by atoms with Crippen LogP contribution in [0.1, 0.15) is 12.8 Å². The van der Waals surface area contributed by atoms with Gasteiger partial charge in [0.2, 0.25) is 0 Å². The van der Waals surface area contributed by atoms with Crippen LogP contribution in [0.15, 0.2) is 0 Å². The number of methoxy groups -OCH3 is 1. The summed E-state index contributed by atoms with van der Waals surface area (Å²) in [4.78, 5) is 10.6. The van der Waals surface area contributed by atoms with Gasteiger partial charge in [-0.3, -0.25) is 4.79 Å². The molecule has 1 saturated carbocycles. The van der Waals surface area contributed by atoms with Gasteiger partial charge >= 0.3 is 5.97 Å². The van der Waals surface area contributed by atoms with Crippen molar-refractivity contribution in [1.29, 1.82) is 0 Å². The molecule has 0 amide bonds. The number of carbonyl (C=O) groups is 1. The van der Waals surface area contributed by atoms with Crippen molar-refractivity contribution in [2.75, 3.05) is 7.11 Å². The first-order chi connectivity index (χ1) is 3.69. The van der Waals surface area contributed by atoms with Crippen LogP contribution in [0.4, 0.5) is 0 Å². The molecule has 8 heavy (non-hydrogen) atoms. The number of hydrogen-bond acceptors (Lipinski definition) is 2. The summed E-state index contributed by atoms with van der Waals surface area (Å²) in [5.41, 5.74) is 0. The van der Waals surface area contributed by atoms with Crippen LogP contribution in [0.25, 0.3) is 0 Å². The molecule has 1 aliphatic carbocycles. The Morgan fingerprint density at radius 1 is 1.75 bits per heavy atom. The van der Waals surface area contributed by atoms with E-state index < -0.39 is 4.75 Å². The normalized spacial score (nSPS) is 22.2. The lowest BCUT2D eigenvalue weighted by atomic mass is 10.4. The van der Waals surface area contributed by atoms with Crippen LogP contribution in [0.3, 0.4) is 0 Å². The number of hydrogen-bond donors (Lipinski definition) is 0. The SMILES string of the molecule is COC(=O)C1([S])CC1. The summed E-state index contributed by atoms with van der Waals surface area (Å²) in [6.45, 7) is 0. The molecule has 2 nitrogen and oxygen atoms in total. The van der Waals surface area contributed by atoms with Gasteiger partial charge in [-0.1, -0.05) is 12.6 Å². The van der Waals surface area contributed by atoms with Gasteiger partial charge in [0.1, 0.15) is 4.75 Å². The van der Waals surface area contributed by atoms with E-state index in [9.17, 15) is 4.79 Å². The van der Waals surface area contributed by atoms with Gasteiger partial charge < -0.3 is 4.74 Å². The highest BCUT2D eigenvalue weighted by molar-refractivity contribution is 7.83. The fourth-order valence-corrected chi connectivity index (χ4v) is 0.689. The third kappa shape index (κ3) is 0.823. The fourth-order valence-electron chi connectivity index (χ4n) is 0.504. The average Bonchev–Trinajstić information content (AvgIpc) is 2.47. The van der Waals surface area contributed by atoms with Gasteiger partial charge in [-0.25, -0.2) is 0 Å². The second kappa shape index (κ2) is 1.65. The van der Waals surface area contributed by atoms with E-state index in [1.807, 2.05) is 0 Å². The first-order valence-electron chi connectivity index (χ1n) is 2.48. The molecule has 0 saturated heterocycles. The first kappa shape index (κ1) is 5.95. The monoisotopic (exact) mass is 131 g/mol. The molecular formula is C5H7O2S. The van der Waals surface area contributed by atoms with Crippen molar-refractivity contribution < 1.29 is 9.53 Å². The largest absolute Gasteiger partial charge is 0.468 e. The van der Waals surface area contributed by atoms with Gasteiger partial charge in [0.15, 0.2) is 0 Å². The maximum Gasteiger partial charge on any atom is 0.322 e. The Hall–Kier alpha value is -0.180. The molecule has 0 aromatic heterocycles. The highest BCUT2D eigenvalue weighted by atomic mass is 32.1. The lowest BCUT2D eigenvalue weighted by Gasteiger charge is -2.00. The van der Waals surface area contributed by atoms with Crippen molar-refractivity contribution in [2.24, 2.45) is 0 Å². The van der Waals surface area contributed by atoms with E-state index in [2.05, 4.69) is 4.74 Å². The Kier molecular flexibility index (Phi) is 1.23. The van der Waals surface area contributed by atoms with E-state index >= 15 is 0 Å². The van der Waals surface area contributed by atoms with Crippen LogP contribution in [0, 0.1) is 0 Å². The summed E-state index contributed by atoms with van der Waals surface area (Å²) in [5.74, 6) is -0.243.